The van der Waals surface area contributed by atoms with E-state index in [2.05, 4.69) is 20.1 Å². The zero-order valence-electron chi connectivity index (χ0n) is 15.8. The third-order valence-electron chi connectivity index (χ3n) is 4.93. The van der Waals surface area contributed by atoms with Crippen LogP contribution in [0.1, 0.15) is 32.4 Å². The first kappa shape index (κ1) is 20.6. The van der Waals surface area contributed by atoms with Crippen molar-refractivity contribution < 1.29 is 22.5 Å². The lowest BCUT2D eigenvalue weighted by Gasteiger charge is -2.40. The van der Waals surface area contributed by atoms with Gasteiger partial charge < -0.3 is 9.42 Å². The number of hydrogen-bond donors (Lipinski definition) is 1. The summed E-state index contributed by atoms with van der Waals surface area (Å²) in [7, 11) is 1.52. The number of aromatic nitrogens is 3. The van der Waals surface area contributed by atoms with Crippen molar-refractivity contribution >= 4 is 23.6 Å². The minimum absolute atomic E-state index is 0.237. The van der Waals surface area contributed by atoms with Gasteiger partial charge in [0.1, 0.15) is 6.26 Å². The van der Waals surface area contributed by atoms with E-state index in [1.165, 1.54) is 29.8 Å². The number of carbonyl (C=O) groups excluding carboxylic acids is 1. The van der Waals surface area contributed by atoms with Gasteiger partial charge in [-0.1, -0.05) is 19.0 Å². The maximum absolute atomic E-state index is 12.9. The Morgan fingerprint density at radius 3 is 2.54 bits per heavy atom. The Kier molecular flexibility index (Phi) is 5.64. The highest BCUT2D eigenvalue weighted by molar-refractivity contribution is 8.00. The number of amides is 2. The summed E-state index contributed by atoms with van der Waals surface area (Å²) in [6.45, 7) is 5.18. The lowest BCUT2D eigenvalue weighted by Crippen LogP contribution is -2.44. The number of aryl methyl sites for hydroxylation is 1. The van der Waals surface area contributed by atoms with Crippen LogP contribution in [-0.2, 0) is 13.2 Å². The number of carbonyl (C=O) groups is 1. The zero-order chi connectivity index (χ0) is 20.5. The number of piperidine rings is 1. The van der Waals surface area contributed by atoms with Crippen LogP contribution < -0.4 is 5.32 Å². The van der Waals surface area contributed by atoms with Crippen molar-refractivity contribution in [1.29, 1.82) is 0 Å². The number of likely N-dealkylation sites (tertiary alicyclic amines) is 1. The highest BCUT2D eigenvalue weighted by Gasteiger charge is 2.38. The van der Waals surface area contributed by atoms with Crippen LogP contribution in [0.15, 0.2) is 27.9 Å². The molecular formula is C17H22F3N5O2S. The van der Waals surface area contributed by atoms with Crippen LogP contribution in [-0.4, -0.2) is 43.7 Å². The largest absolute Gasteiger partial charge is 0.435 e. The summed E-state index contributed by atoms with van der Waals surface area (Å²) >= 11 is 1.39. The predicted molar refractivity (Wildman–Crippen MR) is 98.0 cm³/mol. The van der Waals surface area contributed by atoms with Crippen molar-refractivity contribution in [2.75, 3.05) is 18.4 Å². The fourth-order valence-corrected chi connectivity index (χ4v) is 4.57. The molecule has 154 valence electrons. The maximum atomic E-state index is 12.9. The Morgan fingerprint density at radius 1 is 1.32 bits per heavy atom. The highest BCUT2D eigenvalue weighted by Crippen LogP contribution is 2.43. The van der Waals surface area contributed by atoms with Crippen molar-refractivity contribution in [3.05, 3.63) is 24.1 Å². The van der Waals surface area contributed by atoms with Gasteiger partial charge >= 0.3 is 12.2 Å². The third-order valence-corrected chi connectivity index (χ3v) is 6.38. The van der Waals surface area contributed by atoms with Gasteiger partial charge in [0.2, 0.25) is 0 Å². The third kappa shape index (κ3) is 4.62. The zero-order valence-corrected chi connectivity index (χ0v) is 16.6. The number of nitrogens with one attached hydrogen (secondary N) is 1. The number of anilines is 1. The first-order chi connectivity index (χ1) is 13.1. The molecule has 2 aromatic heterocycles. The van der Waals surface area contributed by atoms with E-state index >= 15 is 0 Å². The molecule has 0 atom stereocenters. The maximum Gasteiger partial charge on any atom is 0.435 e. The summed E-state index contributed by atoms with van der Waals surface area (Å²) in [5.41, 5.74) is -0.882. The topological polar surface area (TPSA) is 76.2 Å². The average molecular weight is 417 g/mol. The van der Waals surface area contributed by atoms with Gasteiger partial charge in [0.05, 0.1) is 5.03 Å². The van der Waals surface area contributed by atoms with E-state index in [9.17, 15) is 18.0 Å². The molecular weight excluding hydrogens is 395 g/mol. The number of rotatable bonds is 4. The summed E-state index contributed by atoms with van der Waals surface area (Å²) < 4.78 is 44.3. The molecule has 0 unspecified atom stereocenters. The minimum Gasteiger partial charge on any atom is -0.363 e. The summed E-state index contributed by atoms with van der Waals surface area (Å²) in [5.74, 6) is 0.609. The van der Waals surface area contributed by atoms with Gasteiger partial charge in [-0.05, 0) is 18.8 Å². The Morgan fingerprint density at radius 2 is 2.00 bits per heavy atom. The molecule has 1 fully saturated rings. The van der Waals surface area contributed by atoms with Crippen LogP contribution in [0.4, 0.5) is 23.8 Å². The number of thioether (sulfide) groups is 1. The quantitative estimate of drug-likeness (QED) is 0.753. The number of nitrogens with zero attached hydrogens (tertiary/aromatic N) is 4. The molecule has 3 rings (SSSR count). The van der Waals surface area contributed by atoms with E-state index in [0.29, 0.717) is 23.9 Å². The molecule has 0 spiro atoms. The molecule has 1 N–H and O–H groups in total. The second kappa shape index (κ2) is 7.69. The van der Waals surface area contributed by atoms with Gasteiger partial charge in [-0.2, -0.15) is 18.3 Å². The van der Waals surface area contributed by atoms with Crippen molar-refractivity contribution in [1.82, 2.24) is 19.8 Å². The molecule has 1 aliphatic rings. The smallest absolute Gasteiger partial charge is 0.363 e. The molecule has 2 aromatic rings. The monoisotopic (exact) mass is 417 g/mol. The normalized spacial score (nSPS) is 16.4. The first-order valence-corrected chi connectivity index (χ1v) is 9.64. The fourth-order valence-electron chi connectivity index (χ4n) is 3.28. The molecule has 28 heavy (non-hydrogen) atoms. The van der Waals surface area contributed by atoms with E-state index in [1.807, 2.05) is 13.8 Å². The Bertz CT molecular complexity index is 811. The van der Waals surface area contributed by atoms with Crippen LogP contribution >= 0.6 is 11.8 Å². The molecule has 3 heterocycles. The van der Waals surface area contributed by atoms with Crippen molar-refractivity contribution in [3.63, 3.8) is 0 Å². The van der Waals surface area contributed by atoms with Crippen LogP contribution in [0.25, 0.3) is 0 Å². The molecule has 2 amide bonds. The van der Waals surface area contributed by atoms with Crippen molar-refractivity contribution in [2.24, 2.45) is 13.0 Å². The van der Waals surface area contributed by atoms with Crippen LogP contribution in [0.3, 0.4) is 0 Å². The molecule has 7 nitrogen and oxygen atoms in total. The van der Waals surface area contributed by atoms with Gasteiger partial charge in [0.15, 0.2) is 11.5 Å². The summed E-state index contributed by atoms with van der Waals surface area (Å²) in [6, 6.07) is 2.42. The molecule has 0 radical (unpaired) electrons. The fraction of sp³-hybridized carbons (Fsp3) is 0.588. The molecule has 0 bridgehead atoms. The Hall–Kier alpha value is -2.17. The average Bonchev–Trinajstić information content (AvgIpc) is 3.24. The summed E-state index contributed by atoms with van der Waals surface area (Å²) in [5, 5.41) is 10.4. The van der Waals surface area contributed by atoms with Gasteiger partial charge in [0.25, 0.3) is 0 Å². The van der Waals surface area contributed by atoms with Gasteiger partial charge in [-0.15, -0.1) is 11.8 Å². The van der Waals surface area contributed by atoms with Gasteiger partial charge in [-0.3, -0.25) is 10.00 Å². The van der Waals surface area contributed by atoms with Crippen LogP contribution in [0.2, 0.25) is 0 Å². The first-order valence-electron chi connectivity index (χ1n) is 8.83. The van der Waals surface area contributed by atoms with E-state index in [-0.39, 0.29) is 16.7 Å². The van der Waals surface area contributed by atoms with E-state index in [4.69, 9.17) is 0 Å². The van der Waals surface area contributed by atoms with Crippen molar-refractivity contribution in [3.8, 4) is 0 Å². The molecule has 0 aliphatic carbocycles. The van der Waals surface area contributed by atoms with E-state index in [0.717, 1.165) is 18.9 Å². The lowest BCUT2D eigenvalue weighted by atomic mass is 9.86. The number of hydrogen-bond acceptors (Lipinski definition) is 5. The summed E-state index contributed by atoms with van der Waals surface area (Å²) in [4.78, 5) is 14.0. The highest BCUT2D eigenvalue weighted by atomic mass is 32.2. The second-order valence-electron chi connectivity index (χ2n) is 7.27. The molecule has 0 aromatic carbocycles. The molecule has 11 heteroatoms. The molecule has 0 saturated carbocycles. The van der Waals surface area contributed by atoms with E-state index in [1.54, 1.807) is 11.0 Å². The minimum atomic E-state index is -4.46. The van der Waals surface area contributed by atoms with Gasteiger partial charge in [0, 0.05) is 37.0 Å². The van der Waals surface area contributed by atoms with E-state index < -0.39 is 11.9 Å². The van der Waals surface area contributed by atoms with Crippen LogP contribution in [0.5, 0.6) is 0 Å². The molecule has 1 aliphatic heterocycles. The second-order valence-corrected chi connectivity index (χ2v) is 8.95. The standard InChI is InChI=1S/C17H22F3N5O2S/c1-16(2,28-14-10-12(17(18,19)20)22-24(14)3)11-4-7-25(8-5-11)15(26)21-13-6-9-27-23-13/h6,9-11H,4-5,7-8H2,1-3H3,(H,21,23,26). The SMILES string of the molecule is Cn1nc(C(F)(F)F)cc1SC(C)(C)C1CCN(C(=O)Nc2ccon2)CC1. The predicted octanol–water partition coefficient (Wildman–Crippen LogP) is 4.24. The molecule has 1 saturated heterocycles. The Labute approximate surface area is 164 Å². The van der Waals surface area contributed by atoms with Crippen molar-refractivity contribution in [2.45, 2.75) is 42.6 Å². The number of alkyl halides is 3. The summed E-state index contributed by atoms with van der Waals surface area (Å²) in [6.07, 6.45) is -1.56. The number of halogens is 3. The Balaban J connectivity index is 1.58. The number of urea groups is 1. The lowest BCUT2D eigenvalue weighted by molar-refractivity contribution is -0.141. The van der Waals surface area contributed by atoms with Crippen LogP contribution in [0, 0.1) is 5.92 Å². The van der Waals surface area contributed by atoms with Gasteiger partial charge in [-0.25, -0.2) is 4.79 Å².